The zero-order valence-corrected chi connectivity index (χ0v) is 18.9. The van der Waals surface area contributed by atoms with E-state index in [9.17, 15) is 9.59 Å². The van der Waals surface area contributed by atoms with Crippen molar-refractivity contribution < 1.29 is 19.1 Å². The van der Waals surface area contributed by atoms with Gasteiger partial charge in [-0.05, 0) is 68.1 Å². The number of benzene rings is 2. The maximum atomic E-state index is 12.8. The van der Waals surface area contributed by atoms with E-state index in [4.69, 9.17) is 9.47 Å². The van der Waals surface area contributed by atoms with E-state index in [1.54, 1.807) is 12.1 Å². The van der Waals surface area contributed by atoms with E-state index in [2.05, 4.69) is 17.6 Å². The van der Waals surface area contributed by atoms with Crippen LogP contribution in [0.4, 0.5) is 11.4 Å². The SMILES string of the molecule is CCOCCOc1ccc(NC(=O)CNc2cccc(C(=O)N3CCC(C)CC3)c2)cc1. The molecule has 1 aliphatic heterocycles. The minimum Gasteiger partial charge on any atom is -0.491 e. The zero-order chi connectivity index (χ0) is 22.8. The summed E-state index contributed by atoms with van der Waals surface area (Å²) < 4.78 is 10.8. The molecule has 2 aromatic rings. The van der Waals surface area contributed by atoms with Gasteiger partial charge in [-0.3, -0.25) is 9.59 Å². The third-order valence-electron chi connectivity index (χ3n) is 5.47. The number of rotatable bonds is 10. The number of nitrogens with zero attached hydrogens (tertiary/aromatic N) is 1. The molecule has 0 spiro atoms. The van der Waals surface area contributed by atoms with Gasteiger partial charge < -0.3 is 25.0 Å². The molecule has 0 radical (unpaired) electrons. The number of anilines is 2. The predicted molar refractivity (Wildman–Crippen MR) is 126 cm³/mol. The molecule has 172 valence electrons. The van der Waals surface area contributed by atoms with Gasteiger partial charge in [0.05, 0.1) is 13.2 Å². The van der Waals surface area contributed by atoms with Gasteiger partial charge >= 0.3 is 0 Å². The molecule has 2 N–H and O–H groups in total. The Bertz CT molecular complexity index is 877. The summed E-state index contributed by atoms with van der Waals surface area (Å²) in [5.41, 5.74) is 2.08. The summed E-state index contributed by atoms with van der Waals surface area (Å²) in [6, 6.07) is 14.5. The fourth-order valence-electron chi connectivity index (χ4n) is 3.54. The van der Waals surface area contributed by atoms with Crippen LogP contribution in [0.5, 0.6) is 5.75 Å². The highest BCUT2D eigenvalue weighted by molar-refractivity contribution is 5.96. The summed E-state index contributed by atoms with van der Waals surface area (Å²) in [6.07, 6.45) is 2.09. The second kappa shape index (κ2) is 12.1. The molecule has 1 fully saturated rings. The summed E-state index contributed by atoms with van der Waals surface area (Å²) in [5, 5.41) is 5.95. The Balaban J connectivity index is 1.45. The van der Waals surface area contributed by atoms with Gasteiger partial charge in [0.2, 0.25) is 5.91 Å². The van der Waals surface area contributed by atoms with Gasteiger partial charge in [-0.25, -0.2) is 0 Å². The van der Waals surface area contributed by atoms with Crippen LogP contribution in [0, 0.1) is 5.92 Å². The molecule has 0 atom stereocenters. The number of likely N-dealkylation sites (tertiary alicyclic amines) is 1. The third-order valence-corrected chi connectivity index (χ3v) is 5.47. The van der Waals surface area contributed by atoms with Crippen molar-refractivity contribution in [3.8, 4) is 5.75 Å². The highest BCUT2D eigenvalue weighted by atomic mass is 16.5. The number of piperidine rings is 1. The molecule has 0 saturated carbocycles. The summed E-state index contributed by atoms with van der Waals surface area (Å²) in [4.78, 5) is 27.0. The zero-order valence-electron chi connectivity index (χ0n) is 18.9. The highest BCUT2D eigenvalue weighted by Gasteiger charge is 2.21. The van der Waals surface area contributed by atoms with E-state index >= 15 is 0 Å². The van der Waals surface area contributed by atoms with E-state index in [0.717, 1.165) is 37.4 Å². The monoisotopic (exact) mass is 439 g/mol. The Morgan fingerprint density at radius 3 is 2.50 bits per heavy atom. The van der Waals surface area contributed by atoms with Crippen LogP contribution in [-0.4, -0.2) is 56.2 Å². The van der Waals surface area contributed by atoms with E-state index in [-0.39, 0.29) is 18.4 Å². The molecule has 2 amide bonds. The highest BCUT2D eigenvalue weighted by Crippen LogP contribution is 2.20. The summed E-state index contributed by atoms with van der Waals surface area (Å²) in [6.45, 7) is 7.58. The van der Waals surface area contributed by atoms with Crippen LogP contribution in [0.2, 0.25) is 0 Å². The van der Waals surface area contributed by atoms with E-state index in [0.29, 0.717) is 37.0 Å². The maximum absolute atomic E-state index is 12.8. The molecule has 7 nitrogen and oxygen atoms in total. The summed E-state index contributed by atoms with van der Waals surface area (Å²) >= 11 is 0. The molecule has 1 heterocycles. The van der Waals surface area contributed by atoms with Crippen LogP contribution >= 0.6 is 0 Å². The standard InChI is InChI=1S/C25H33N3O4/c1-3-31-15-16-32-23-9-7-21(8-10-23)27-24(29)18-26-22-6-4-5-20(17-22)25(30)28-13-11-19(2)12-14-28/h4-10,17,19,26H,3,11-16,18H2,1-2H3,(H,27,29). The van der Waals surface area contributed by atoms with Crippen LogP contribution in [-0.2, 0) is 9.53 Å². The first-order valence-electron chi connectivity index (χ1n) is 11.3. The predicted octanol–water partition coefficient (Wildman–Crippen LogP) is 4.02. The third kappa shape index (κ3) is 7.27. The lowest BCUT2D eigenvalue weighted by atomic mass is 9.98. The Hall–Kier alpha value is -3.06. The fourth-order valence-corrected chi connectivity index (χ4v) is 3.54. The molecule has 1 aliphatic rings. The van der Waals surface area contributed by atoms with Crippen LogP contribution < -0.4 is 15.4 Å². The molecule has 7 heteroatoms. The number of ether oxygens (including phenoxy) is 2. The largest absolute Gasteiger partial charge is 0.491 e. The average molecular weight is 440 g/mol. The Morgan fingerprint density at radius 1 is 1.03 bits per heavy atom. The number of carbonyl (C=O) groups excluding carboxylic acids is 2. The van der Waals surface area contributed by atoms with Crippen LogP contribution in [0.15, 0.2) is 48.5 Å². The van der Waals surface area contributed by atoms with E-state index in [1.165, 1.54) is 0 Å². The van der Waals surface area contributed by atoms with Crippen molar-refractivity contribution >= 4 is 23.2 Å². The lowest BCUT2D eigenvalue weighted by Crippen LogP contribution is -2.37. The molecule has 0 unspecified atom stereocenters. The van der Waals surface area contributed by atoms with Crippen LogP contribution in [0.25, 0.3) is 0 Å². The molecule has 32 heavy (non-hydrogen) atoms. The molecule has 1 saturated heterocycles. The topological polar surface area (TPSA) is 79.9 Å². The van der Waals surface area contributed by atoms with Crippen molar-refractivity contribution in [1.29, 1.82) is 0 Å². The van der Waals surface area contributed by atoms with Crippen molar-refractivity contribution in [2.24, 2.45) is 5.92 Å². The molecule has 0 bridgehead atoms. The average Bonchev–Trinajstić information content (AvgIpc) is 2.82. The fraction of sp³-hybridized carbons (Fsp3) is 0.440. The lowest BCUT2D eigenvalue weighted by molar-refractivity contribution is -0.114. The van der Waals surface area contributed by atoms with Crippen molar-refractivity contribution in [3.63, 3.8) is 0 Å². The Kier molecular flexibility index (Phi) is 8.92. The normalized spacial score (nSPS) is 14.1. The van der Waals surface area contributed by atoms with Crippen molar-refractivity contribution in [2.75, 3.05) is 50.1 Å². The number of carbonyl (C=O) groups is 2. The van der Waals surface area contributed by atoms with Gasteiger partial charge in [-0.15, -0.1) is 0 Å². The second-order valence-electron chi connectivity index (χ2n) is 8.03. The smallest absolute Gasteiger partial charge is 0.253 e. The molecule has 3 rings (SSSR count). The number of nitrogens with one attached hydrogen (secondary N) is 2. The van der Waals surface area contributed by atoms with Gasteiger partial charge in [-0.1, -0.05) is 13.0 Å². The lowest BCUT2D eigenvalue weighted by Gasteiger charge is -2.30. The molecule has 0 aromatic heterocycles. The van der Waals surface area contributed by atoms with Crippen molar-refractivity contribution in [2.45, 2.75) is 26.7 Å². The quantitative estimate of drug-likeness (QED) is 0.547. The number of hydrogen-bond donors (Lipinski definition) is 2. The van der Waals surface area contributed by atoms with Gasteiger partial charge in [0.25, 0.3) is 5.91 Å². The summed E-state index contributed by atoms with van der Waals surface area (Å²) in [7, 11) is 0. The summed E-state index contributed by atoms with van der Waals surface area (Å²) in [5.74, 6) is 1.28. The minimum absolute atomic E-state index is 0.0496. The molecular formula is C25H33N3O4. The first-order valence-corrected chi connectivity index (χ1v) is 11.3. The van der Waals surface area contributed by atoms with Crippen LogP contribution in [0.1, 0.15) is 37.0 Å². The minimum atomic E-state index is -0.170. The maximum Gasteiger partial charge on any atom is 0.253 e. The number of amides is 2. The molecular weight excluding hydrogens is 406 g/mol. The van der Waals surface area contributed by atoms with Gasteiger partial charge in [0, 0.05) is 36.6 Å². The van der Waals surface area contributed by atoms with Crippen molar-refractivity contribution in [3.05, 3.63) is 54.1 Å². The number of hydrogen-bond acceptors (Lipinski definition) is 5. The van der Waals surface area contributed by atoms with Gasteiger partial charge in [0.1, 0.15) is 12.4 Å². The molecule has 0 aliphatic carbocycles. The Morgan fingerprint density at radius 2 is 1.78 bits per heavy atom. The van der Waals surface area contributed by atoms with Gasteiger partial charge in [0.15, 0.2) is 0 Å². The molecule has 2 aromatic carbocycles. The van der Waals surface area contributed by atoms with Crippen molar-refractivity contribution in [1.82, 2.24) is 4.90 Å². The van der Waals surface area contributed by atoms with E-state index < -0.39 is 0 Å². The first-order chi connectivity index (χ1) is 15.5. The first kappa shape index (κ1) is 23.6. The van der Waals surface area contributed by atoms with Gasteiger partial charge in [-0.2, -0.15) is 0 Å². The van der Waals surface area contributed by atoms with Crippen LogP contribution in [0.3, 0.4) is 0 Å². The van der Waals surface area contributed by atoms with E-state index in [1.807, 2.05) is 48.2 Å². The second-order valence-corrected chi connectivity index (χ2v) is 8.03. The Labute approximate surface area is 190 Å².